The van der Waals surface area contributed by atoms with E-state index in [1.807, 2.05) is 24.3 Å². The van der Waals surface area contributed by atoms with Crippen molar-refractivity contribution in [3.05, 3.63) is 46.3 Å². The second-order valence-electron chi connectivity index (χ2n) is 8.46. The molecule has 4 rings (SSSR count). The second-order valence-corrected chi connectivity index (χ2v) is 9.84. The summed E-state index contributed by atoms with van der Waals surface area (Å²) in [6.45, 7) is 7.08. The first-order valence-corrected chi connectivity index (χ1v) is 11.0. The van der Waals surface area contributed by atoms with Crippen LogP contribution in [0.4, 0.5) is 5.69 Å². The quantitative estimate of drug-likeness (QED) is 0.769. The fourth-order valence-corrected chi connectivity index (χ4v) is 4.69. The molecule has 1 aliphatic heterocycles. The number of aromatic nitrogens is 1. The summed E-state index contributed by atoms with van der Waals surface area (Å²) >= 11 is 0. The van der Waals surface area contributed by atoms with Gasteiger partial charge in [-0.3, -0.25) is 9.00 Å². The van der Waals surface area contributed by atoms with Crippen LogP contribution in [-0.2, 0) is 28.4 Å². The molecule has 2 N–H and O–H groups in total. The van der Waals surface area contributed by atoms with Gasteiger partial charge < -0.3 is 10.3 Å². The van der Waals surface area contributed by atoms with Gasteiger partial charge >= 0.3 is 0 Å². The molecule has 2 aromatic rings. The van der Waals surface area contributed by atoms with Crippen molar-refractivity contribution in [2.75, 3.05) is 18.1 Å². The third kappa shape index (κ3) is 3.29. The zero-order valence-corrected chi connectivity index (χ0v) is 17.2. The number of rotatable bonds is 2. The highest BCUT2D eigenvalue weighted by molar-refractivity contribution is 7.84. The summed E-state index contributed by atoms with van der Waals surface area (Å²) in [7, 11) is -1.08. The number of aromatic amines is 1. The fourth-order valence-electron chi connectivity index (χ4n) is 4.15. The van der Waals surface area contributed by atoms with Crippen LogP contribution in [-0.4, -0.2) is 27.8 Å². The van der Waals surface area contributed by atoms with Gasteiger partial charge in [0, 0.05) is 50.2 Å². The SMILES string of the molecule is Cc1c(C=C2C(=O)CNc3ccc(S(C)=O)cc32)[nH]c2c1CC(C)(C)CC2. The lowest BCUT2D eigenvalue weighted by atomic mass is 9.76. The molecule has 2 heterocycles. The Balaban J connectivity index is 1.82. The second kappa shape index (κ2) is 6.48. The smallest absolute Gasteiger partial charge is 0.182 e. The Hall–Kier alpha value is -2.14. The summed E-state index contributed by atoms with van der Waals surface area (Å²) in [5.74, 6) is 0.0637. The van der Waals surface area contributed by atoms with Gasteiger partial charge in [-0.2, -0.15) is 0 Å². The van der Waals surface area contributed by atoms with E-state index in [0.717, 1.165) is 34.7 Å². The molecule has 1 unspecified atom stereocenters. The first kappa shape index (κ1) is 18.2. The molecule has 0 saturated heterocycles. The van der Waals surface area contributed by atoms with Crippen LogP contribution in [0.3, 0.4) is 0 Å². The maximum absolute atomic E-state index is 12.7. The zero-order valence-electron chi connectivity index (χ0n) is 16.4. The van der Waals surface area contributed by atoms with Crippen molar-refractivity contribution in [1.82, 2.24) is 4.98 Å². The highest BCUT2D eigenvalue weighted by Gasteiger charge is 2.29. The first-order valence-electron chi connectivity index (χ1n) is 9.42. The fraction of sp³-hybridized carbons (Fsp3) is 0.409. The highest BCUT2D eigenvalue weighted by Crippen LogP contribution is 2.38. The van der Waals surface area contributed by atoms with Crippen LogP contribution in [0.25, 0.3) is 11.6 Å². The number of nitrogens with one attached hydrogen (secondary N) is 2. The minimum atomic E-state index is -1.08. The van der Waals surface area contributed by atoms with Gasteiger partial charge in [-0.05, 0) is 67.0 Å². The Morgan fingerprint density at radius 1 is 1.26 bits per heavy atom. The highest BCUT2D eigenvalue weighted by atomic mass is 32.2. The Kier molecular flexibility index (Phi) is 4.38. The number of H-pyrrole nitrogens is 1. The largest absolute Gasteiger partial charge is 0.377 e. The summed E-state index contributed by atoms with van der Waals surface area (Å²) in [4.78, 5) is 17.0. The minimum Gasteiger partial charge on any atom is -0.377 e. The third-order valence-electron chi connectivity index (χ3n) is 5.86. The molecule has 0 bridgehead atoms. The van der Waals surface area contributed by atoms with Crippen LogP contribution in [0, 0.1) is 12.3 Å². The number of anilines is 1. The molecule has 0 radical (unpaired) electrons. The van der Waals surface area contributed by atoms with Gasteiger partial charge in [0.2, 0.25) is 0 Å². The van der Waals surface area contributed by atoms with Gasteiger partial charge in [0.15, 0.2) is 5.78 Å². The number of ketones is 1. The maximum Gasteiger partial charge on any atom is 0.182 e. The third-order valence-corrected chi connectivity index (χ3v) is 6.77. The van der Waals surface area contributed by atoms with E-state index in [1.165, 1.54) is 23.2 Å². The molecule has 5 heteroatoms. The van der Waals surface area contributed by atoms with Gasteiger partial charge in [0.05, 0.1) is 6.54 Å². The molecule has 27 heavy (non-hydrogen) atoms. The van der Waals surface area contributed by atoms with Gasteiger partial charge in [-0.25, -0.2) is 0 Å². The van der Waals surface area contributed by atoms with Crippen LogP contribution in [0.15, 0.2) is 23.1 Å². The number of hydrogen-bond acceptors (Lipinski definition) is 3. The van der Waals surface area contributed by atoms with Gasteiger partial charge in [0.25, 0.3) is 0 Å². The predicted octanol–water partition coefficient (Wildman–Crippen LogP) is 4.11. The first-order chi connectivity index (χ1) is 12.7. The van der Waals surface area contributed by atoms with E-state index in [9.17, 15) is 9.00 Å². The molecular weight excluding hydrogens is 356 g/mol. The molecule has 1 aliphatic carbocycles. The predicted molar refractivity (Wildman–Crippen MR) is 111 cm³/mol. The molecule has 0 amide bonds. The Morgan fingerprint density at radius 2 is 2.04 bits per heavy atom. The standard InChI is InChI=1S/C22H26N2O2S/c1-13-17-11-22(2,3)8-7-19(17)24-20(13)10-16-15-9-14(27(4)26)5-6-18(15)23-12-21(16)25/h5-6,9-10,23-24H,7-8,11-12H2,1-4H3. The number of aryl methyl sites for hydroxylation is 1. The topological polar surface area (TPSA) is 62.0 Å². The van der Waals surface area contributed by atoms with Crippen molar-refractivity contribution < 1.29 is 9.00 Å². The maximum atomic E-state index is 12.7. The Morgan fingerprint density at radius 3 is 2.78 bits per heavy atom. The van der Waals surface area contributed by atoms with Crippen molar-refractivity contribution in [3.63, 3.8) is 0 Å². The number of benzene rings is 1. The van der Waals surface area contributed by atoms with E-state index < -0.39 is 10.8 Å². The van der Waals surface area contributed by atoms with Crippen molar-refractivity contribution in [2.45, 2.75) is 44.9 Å². The number of carbonyl (C=O) groups excluding carboxylic acids is 1. The van der Waals surface area contributed by atoms with E-state index in [4.69, 9.17) is 0 Å². The molecule has 0 spiro atoms. The monoisotopic (exact) mass is 382 g/mol. The molecule has 1 atom stereocenters. The average molecular weight is 383 g/mol. The zero-order chi connectivity index (χ0) is 19.3. The van der Waals surface area contributed by atoms with Crippen LogP contribution >= 0.6 is 0 Å². The van der Waals surface area contributed by atoms with Crippen LogP contribution in [0.1, 0.15) is 48.3 Å². The van der Waals surface area contributed by atoms with E-state index in [2.05, 4.69) is 31.1 Å². The summed E-state index contributed by atoms with van der Waals surface area (Å²) in [6, 6.07) is 5.65. The van der Waals surface area contributed by atoms with E-state index >= 15 is 0 Å². The van der Waals surface area contributed by atoms with Gasteiger partial charge in [-0.15, -0.1) is 0 Å². The summed E-state index contributed by atoms with van der Waals surface area (Å²) < 4.78 is 11.9. The number of hydrogen-bond donors (Lipinski definition) is 2. The molecule has 0 fully saturated rings. The van der Waals surface area contributed by atoms with Crippen molar-refractivity contribution in [1.29, 1.82) is 0 Å². The van der Waals surface area contributed by atoms with E-state index in [-0.39, 0.29) is 5.78 Å². The lowest BCUT2D eigenvalue weighted by Crippen LogP contribution is -2.22. The summed E-state index contributed by atoms with van der Waals surface area (Å²) in [5, 5.41) is 3.17. The van der Waals surface area contributed by atoms with Crippen molar-refractivity contribution in [3.8, 4) is 0 Å². The lowest BCUT2D eigenvalue weighted by molar-refractivity contribution is -0.112. The van der Waals surface area contributed by atoms with Gasteiger partial charge in [-0.1, -0.05) is 13.8 Å². The molecule has 2 aliphatic rings. The number of carbonyl (C=O) groups is 1. The number of fused-ring (bicyclic) bond motifs is 2. The normalized spacial score (nSPS) is 20.7. The van der Waals surface area contributed by atoms with E-state index in [0.29, 0.717) is 17.5 Å². The van der Waals surface area contributed by atoms with Crippen LogP contribution < -0.4 is 5.32 Å². The summed E-state index contributed by atoms with van der Waals surface area (Å²) in [5.41, 5.74) is 7.76. The van der Waals surface area contributed by atoms with Crippen LogP contribution in [0.5, 0.6) is 0 Å². The molecule has 1 aromatic carbocycles. The van der Waals surface area contributed by atoms with Gasteiger partial charge in [0.1, 0.15) is 0 Å². The number of Topliss-reactive ketones (excluding diaryl/α,β-unsaturated/α-hetero) is 1. The molecule has 0 saturated carbocycles. The average Bonchev–Trinajstić information content (AvgIpc) is 2.91. The lowest BCUT2D eigenvalue weighted by Gasteiger charge is -2.29. The molecule has 1 aromatic heterocycles. The minimum absolute atomic E-state index is 0.0637. The molecular formula is C22H26N2O2S. The van der Waals surface area contributed by atoms with Crippen molar-refractivity contribution >= 4 is 33.9 Å². The van der Waals surface area contributed by atoms with Crippen molar-refractivity contribution in [2.24, 2.45) is 5.41 Å². The summed E-state index contributed by atoms with van der Waals surface area (Å²) in [6.07, 6.45) is 6.95. The molecule has 4 nitrogen and oxygen atoms in total. The Bertz CT molecular complexity index is 998. The van der Waals surface area contributed by atoms with E-state index in [1.54, 1.807) is 6.26 Å². The Labute approximate surface area is 162 Å². The molecule has 142 valence electrons. The van der Waals surface area contributed by atoms with Crippen LogP contribution in [0.2, 0.25) is 0 Å².